The summed E-state index contributed by atoms with van der Waals surface area (Å²) in [6.07, 6.45) is 4.21. The number of aliphatic carboxylic acids is 1. The molecule has 0 saturated heterocycles. The Bertz CT molecular complexity index is 520. The van der Waals surface area contributed by atoms with Gasteiger partial charge in [0, 0.05) is 5.56 Å². The van der Waals surface area contributed by atoms with E-state index in [1.165, 1.54) is 0 Å². The summed E-state index contributed by atoms with van der Waals surface area (Å²) in [5.74, 6) is 0.203. The summed E-state index contributed by atoms with van der Waals surface area (Å²) >= 11 is 6.05. The van der Waals surface area contributed by atoms with Crippen LogP contribution in [0, 0.1) is 0 Å². The van der Waals surface area contributed by atoms with Gasteiger partial charge in [0.15, 0.2) is 11.5 Å². The van der Waals surface area contributed by atoms with Crippen molar-refractivity contribution in [3.8, 4) is 11.5 Å². The first kappa shape index (κ1) is 12.6. The molecule has 1 aliphatic carbocycles. The minimum Gasteiger partial charge on any atom is -0.481 e. The molecule has 0 bridgehead atoms. The van der Waals surface area contributed by atoms with Crippen molar-refractivity contribution < 1.29 is 19.4 Å². The van der Waals surface area contributed by atoms with Crippen LogP contribution in [0.5, 0.6) is 11.5 Å². The monoisotopic (exact) mass is 282 g/mol. The predicted molar refractivity (Wildman–Crippen MR) is 70.0 cm³/mol. The van der Waals surface area contributed by atoms with Gasteiger partial charge in [-0.2, -0.15) is 0 Å². The van der Waals surface area contributed by atoms with Gasteiger partial charge < -0.3 is 14.6 Å². The lowest BCUT2D eigenvalue weighted by Gasteiger charge is -2.34. The van der Waals surface area contributed by atoms with Crippen LogP contribution in [-0.4, -0.2) is 17.9 Å². The Morgan fingerprint density at radius 2 is 1.84 bits per heavy atom. The smallest absolute Gasteiger partial charge is 0.314 e. The van der Waals surface area contributed by atoms with Crippen LogP contribution in [0.2, 0.25) is 5.02 Å². The Labute approximate surface area is 116 Å². The van der Waals surface area contributed by atoms with Crippen LogP contribution in [0.4, 0.5) is 0 Å². The molecule has 0 unspecified atom stereocenters. The van der Waals surface area contributed by atoms with Crippen molar-refractivity contribution in [2.45, 2.75) is 37.5 Å². The molecule has 0 radical (unpaired) electrons. The van der Waals surface area contributed by atoms with Crippen LogP contribution in [0.25, 0.3) is 0 Å². The Hall–Kier alpha value is -1.42. The molecule has 19 heavy (non-hydrogen) atoms. The minimum absolute atomic E-state index is 0.0990. The number of carbonyl (C=O) groups is 1. The SMILES string of the molecule is O=C(O)C1(c2ccc(Cl)c3c2OCO3)CCCCC1. The van der Waals surface area contributed by atoms with Crippen molar-refractivity contribution >= 4 is 17.6 Å². The second kappa shape index (κ2) is 4.60. The third-order valence-electron chi connectivity index (χ3n) is 4.10. The van der Waals surface area contributed by atoms with Crippen LogP contribution >= 0.6 is 11.6 Å². The standard InChI is InChI=1S/C14H15ClO4/c15-10-5-4-9(11-12(10)19-8-18-11)14(13(16)17)6-2-1-3-7-14/h4-5H,1-3,6-8H2,(H,16,17). The number of hydrogen-bond acceptors (Lipinski definition) is 3. The maximum absolute atomic E-state index is 11.8. The number of fused-ring (bicyclic) bond motifs is 1. The lowest BCUT2D eigenvalue weighted by molar-refractivity contribution is -0.145. The highest BCUT2D eigenvalue weighted by Gasteiger charge is 2.45. The van der Waals surface area contributed by atoms with E-state index in [0.29, 0.717) is 34.9 Å². The van der Waals surface area contributed by atoms with E-state index in [4.69, 9.17) is 21.1 Å². The van der Waals surface area contributed by atoms with Gasteiger partial charge in [-0.15, -0.1) is 0 Å². The third kappa shape index (κ3) is 1.86. The zero-order valence-electron chi connectivity index (χ0n) is 10.4. The van der Waals surface area contributed by atoms with E-state index in [9.17, 15) is 9.90 Å². The van der Waals surface area contributed by atoms with Crippen LogP contribution < -0.4 is 9.47 Å². The minimum atomic E-state index is -0.860. The first-order valence-electron chi connectivity index (χ1n) is 6.47. The van der Waals surface area contributed by atoms with Gasteiger partial charge in [0.1, 0.15) is 0 Å². The number of benzene rings is 1. The Morgan fingerprint density at radius 3 is 2.53 bits per heavy atom. The molecule has 1 heterocycles. The number of ether oxygens (including phenoxy) is 2. The van der Waals surface area contributed by atoms with E-state index in [2.05, 4.69) is 0 Å². The van der Waals surface area contributed by atoms with Gasteiger partial charge in [0.2, 0.25) is 6.79 Å². The highest BCUT2D eigenvalue weighted by Crippen LogP contribution is 2.50. The average molecular weight is 283 g/mol. The van der Waals surface area contributed by atoms with E-state index in [-0.39, 0.29) is 6.79 Å². The molecule has 0 spiro atoms. The van der Waals surface area contributed by atoms with Crippen molar-refractivity contribution in [3.63, 3.8) is 0 Å². The molecule has 5 heteroatoms. The second-order valence-corrected chi connectivity index (χ2v) is 5.51. The first-order valence-corrected chi connectivity index (χ1v) is 6.85. The number of hydrogen-bond donors (Lipinski definition) is 1. The maximum atomic E-state index is 11.8. The molecule has 1 aliphatic heterocycles. The topological polar surface area (TPSA) is 55.8 Å². The molecule has 1 aromatic carbocycles. The van der Waals surface area contributed by atoms with E-state index in [0.717, 1.165) is 19.3 Å². The molecule has 0 amide bonds. The Balaban J connectivity index is 2.14. The molecular formula is C14H15ClO4. The van der Waals surface area contributed by atoms with Gasteiger partial charge in [-0.1, -0.05) is 36.9 Å². The second-order valence-electron chi connectivity index (χ2n) is 5.11. The Morgan fingerprint density at radius 1 is 1.16 bits per heavy atom. The summed E-state index contributed by atoms with van der Waals surface area (Å²) in [4.78, 5) is 11.8. The van der Waals surface area contributed by atoms with Crippen molar-refractivity contribution in [3.05, 3.63) is 22.7 Å². The van der Waals surface area contributed by atoms with E-state index in [1.54, 1.807) is 12.1 Å². The summed E-state index contributed by atoms with van der Waals surface area (Å²) in [5, 5.41) is 10.2. The molecule has 3 rings (SSSR count). The summed E-state index contributed by atoms with van der Waals surface area (Å²) in [6, 6.07) is 3.47. The Kier molecular flexibility index (Phi) is 3.05. The van der Waals surface area contributed by atoms with Gasteiger partial charge in [0.05, 0.1) is 10.4 Å². The number of halogens is 1. The molecule has 4 nitrogen and oxygen atoms in total. The fourth-order valence-electron chi connectivity index (χ4n) is 3.09. The quantitative estimate of drug-likeness (QED) is 0.904. The predicted octanol–water partition coefficient (Wildman–Crippen LogP) is 3.36. The lowest BCUT2D eigenvalue weighted by Crippen LogP contribution is -2.38. The van der Waals surface area contributed by atoms with Gasteiger partial charge in [0.25, 0.3) is 0 Å². The number of carboxylic acids is 1. The van der Waals surface area contributed by atoms with E-state index < -0.39 is 11.4 Å². The van der Waals surface area contributed by atoms with Crippen molar-refractivity contribution in [2.24, 2.45) is 0 Å². The zero-order chi connectivity index (χ0) is 13.5. The van der Waals surface area contributed by atoms with Gasteiger partial charge in [-0.25, -0.2) is 0 Å². The summed E-state index contributed by atoms with van der Waals surface area (Å²) < 4.78 is 10.8. The molecule has 2 aliphatic rings. The molecule has 102 valence electrons. The fraction of sp³-hybridized carbons (Fsp3) is 0.500. The molecule has 0 aromatic heterocycles. The highest BCUT2D eigenvalue weighted by atomic mass is 35.5. The highest BCUT2D eigenvalue weighted by molar-refractivity contribution is 6.32. The first-order chi connectivity index (χ1) is 9.15. The molecular weight excluding hydrogens is 268 g/mol. The van der Waals surface area contributed by atoms with Gasteiger partial charge in [-0.3, -0.25) is 4.79 Å². The van der Waals surface area contributed by atoms with Gasteiger partial charge >= 0.3 is 5.97 Å². The van der Waals surface area contributed by atoms with E-state index in [1.807, 2.05) is 0 Å². The van der Waals surface area contributed by atoms with Crippen LogP contribution in [-0.2, 0) is 10.2 Å². The molecule has 0 atom stereocenters. The largest absolute Gasteiger partial charge is 0.481 e. The zero-order valence-corrected chi connectivity index (χ0v) is 11.2. The molecule has 1 aromatic rings. The number of carboxylic acid groups (broad SMARTS) is 1. The van der Waals surface area contributed by atoms with Gasteiger partial charge in [-0.05, 0) is 18.9 Å². The summed E-state index contributed by atoms with van der Waals surface area (Å²) in [5.41, 5.74) is -0.155. The van der Waals surface area contributed by atoms with Crippen LogP contribution in [0.3, 0.4) is 0 Å². The van der Waals surface area contributed by atoms with E-state index >= 15 is 0 Å². The summed E-state index contributed by atoms with van der Waals surface area (Å²) in [7, 11) is 0. The average Bonchev–Trinajstić information content (AvgIpc) is 2.90. The lowest BCUT2D eigenvalue weighted by atomic mass is 9.69. The van der Waals surface area contributed by atoms with Crippen LogP contribution in [0.1, 0.15) is 37.7 Å². The fourth-order valence-corrected chi connectivity index (χ4v) is 3.30. The normalized spacial score (nSPS) is 20.3. The third-order valence-corrected chi connectivity index (χ3v) is 4.40. The van der Waals surface area contributed by atoms with Crippen molar-refractivity contribution in [1.82, 2.24) is 0 Å². The van der Waals surface area contributed by atoms with Crippen molar-refractivity contribution in [1.29, 1.82) is 0 Å². The molecule has 1 fully saturated rings. The maximum Gasteiger partial charge on any atom is 0.314 e. The molecule has 1 saturated carbocycles. The number of rotatable bonds is 2. The van der Waals surface area contributed by atoms with Crippen molar-refractivity contribution in [2.75, 3.05) is 6.79 Å². The molecule has 1 N–H and O–H groups in total. The van der Waals surface area contributed by atoms with Crippen LogP contribution in [0.15, 0.2) is 12.1 Å². The summed E-state index contributed by atoms with van der Waals surface area (Å²) in [6.45, 7) is 0.0990.